The fourth-order valence-electron chi connectivity index (χ4n) is 2.96. The Morgan fingerprint density at radius 3 is 2.77 bits per heavy atom. The van der Waals surface area contributed by atoms with Crippen LogP contribution < -0.4 is 4.74 Å². The van der Waals surface area contributed by atoms with Crippen LogP contribution in [-0.2, 0) is 0 Å². The van der Waals surface area contributed by atoms with Gasteiger partial charge in [0.2, 0.25) is 0 Å². The van der Waals surface area contributed by atoms with E-state index in [1.54, 1.807) is 38.1 Å². The normalized spacial score (nSPS) is 19.5. The zero-order chi connectivity index (χ0) is 18.9. The summed E-state index contributed by atoms with van der Waals surface area (Å²) in [7, 11) is 1.54. The van der Waals surface area contributed by atoms with Crippen molar-refractivity contribution in [2.45, 2.75) is 38.7 Å². The third-order valence-electron chi connectivity index (χ3n) is 4.73. The molecule has 4 nitrogen and oxygen atoms in total. The van der Waals surface area contributed by atoms with E-state index in [0.717, 1.165) is 16.5 Å². The number of methoxy groups -OCH3 is 1. The maximum atomic E-state index is 12.9. The minimum atomic E-state index is -0.936. The molecule has 1 aromatic rings. The number of nitrogens with zero attached hydrogens (tertiary/aromatic N) is 1. The second-order valence-electron chi connectivity index (χ2n) is 7.30. The van der Waals surface area contributed by atoms with Gasteiger partial charge in [0.15, 0.2) is 5.78 Å². The van der Waals surface area contributed by atoms with Crippen molar-refractivity contribution in [1.82, 2.24) is 4.90 Å². The van der Waals surface area contributed by atoms with Crippen LogP contribution in [0.1, 0.15) is 43.5 Å². The van der Waals surface area contributed by atoms with Gasteiger partial charge in [0.05, 0.1) is 23.3 Å². The van der Waals surface area contributed by atoms with Crippen LogP contribution >= 0.6 is 23.4 Å². The highest BCUT2D eigenvalue weighted by Crippen LogP contribution is 2.43. The zero-order valence-electron chi connectivity index (χ0n) is 15.3. The molecule has 0 bridgehead atoms. The molecule has 1 saturated carbocycles. The van der Waals surface area contributed by atoms with Crippen LogP contribution in [0.25, 0.3) is 0 Å². The van der Waals surface area contributed by atoms with Gasteiger partial charge in [0.25, 0.3) is 0 Å². The second-order valence-corrected chi connectivity index (χ2v) is 8.79. The summed E-state index contributed by atoms with van der Waals surface area (Å²) in [5.41, 5.74) is -0.497. The molecule has 0 radical (unpaired) electrons. The monoisotopic (exact) mass is 393 g/mol. The Kier molecular flexibility index (Phi) is 5.70. The van der Waals surface area contributed by atoms with E-state index < -0.39 is 5.60 Å². The molecule has 26 heavy (non-hydrogen) atoms. The van der Waals surface area contributed by atoms with Crippen LogP contribution in [-0.4, -0.2) is 35.0 Å². The number of halogens is 1. The van der Waals surface area contributed by atoms with E-state index in [0.29, 0.717) is 22.3 Å². The van der Waals surface area contributed by atoms with Crippen molar-refractivity contribution in [1.29, 1.82) is 0 Å². The van der Waals surface area contributed by atoms with Gasteiger partial charge in [0, 0.05) is 28.7 Å². The number of carbonyl (C=O) groups excluding carboxylic acids is 1. The van der Waals surface area contributed by atoms with Crippen LogP contribution in [0.3, 0.4) is 0 Å². The summed E-state index contributed by atoms with van der Waals surface area (Å²) >= 11 is 7.50. The van der Waals surface area contributed by atoms with Crippen LogP contribution in [0.5, 0.6) is 5.75 Å². The number of thioether (sulfide) groups is 1. The Labute approximate surface area is 163 Å². The molecule has 1 aliphatic carbocycles. The lowest BCUT2D eigenvalue weighted by atomic mass is 9.85. The standard InChI is InChI=1S/C20H24ClNO3S/c1-20(2,24)18-12-22(11-13-5-4-6-13)19(26-18)10-16(23)15-9-14(21)7-8-17(15)25-3/h7-10,12-13,24H,4-6,11H2,1-3H3. The Hall–Kier alpha value is -1.43. The van der Waals surface area contributed by atoms with E-state index in [9.17, 15) is 9.90 Å². The first-order valence-electron chi connectivity index (χ1n) is 8.76. The fraction of sp³-hybridized carbons (Fsp3) is 0.450. The van der Waals surface area contributed by atoms with Gasteiger partial charge in [-0.1, -0.05) is 29.8 Å². The number of ketones is 1. The molecule has 1 heterocycles. The Morgan fingerprint density at radius 1 is 1.46 bits per heavy atom. The number of benzene rings is 1. The number of hydrogen-bond donors (Lipinski definition) is 1. The van der Waals surface area contributed by atoms with Crippen LogP contribution in [0.2, 0.25) is 5.02 Å². The summed E-state index contributed by atoms with van der Waals surface area (Å²) in [5.74, 6) is 0.989. The molecule has 6 heteroatoms. The summed E-state index contributed by atoms with van der Waals surface area (Å²) in [6, 6.07) is 5.02. The maximum absolute atomic E-state index is 12.9. The molecule has 3 rings (SSSR count). The van der Waals surface area contributed by atoms with Crippen molar-refractivity contribution in [3.63, 3.8) is 0 Å². The molecule has 1 N–H and O–H groups in total. The largest absolute Gasteiger partial charge is 0.496 e. The van der Waals surface area contributed by atoms with E-state index in [4.69, 9.17) is 16.3 Å². The van der Waals surface area contributed by atoms with Gasteiger partial charge in [-0.25, -0.2) is 0 Å². The molecule has 2 aliphatic rings. The first-order valence-corrected chi connectivity index (χ1v) is 9.96. The van der Waals surface area contributed by atoms with Crippen molar-refractivity contribution in [2.75, 3.05) is 13.7 Å². The second kappa shape index (κ2) is 7.67. The highest BCUT2D eigenvalue weighted by Gasteiger charge is 2.32. The summed E-state index contributed by atoms with van der Waals surface area (Å²) < 4.78 is 5.30. The molecule has 1 aliphatic heterocycles. The molecular weight excluding hydrogens is 370 g/mol. The molecule has 0 amide bonds. The molecule has 0 atom stereocenters. The third kappa shape index (κ3) is 4.27. The lowest BCUT2D eigenvalue weighted by Gasteiger charge is -2.30. The maximum Gasteiger partial charge on any atom is 0.192 e. The molecule has 0 unspecified atom stereocenters. The van der Waals surface area contributed by atoms with E-state index in [1.807, 2.05) is 6.20 Å². The van der Waals surface area contributed by atoms with Gasteiger partial charge in [0.1, 0.15) is 5.75 Å². The topological polar surface area (TPSA) is 49.8 Å². The van der Waals surface area contributed by atoms with Crippen LogP contribution in [0.15, 0.2) is 40.4 Å². The van der Waals surface area contributed by atoms with E-state index in [-0.39, 0.29) is 5.78 Å². The lowest BCUT2D eigenvalue weighted by Crippen LogP contribution is -2.26. The van der Waals surface area contributed by atoms with Crippen LogP contribution in [0, 0.1) is 5.92 Å². The van der Waals surface area contributed by atoms with Crippen molar-refractivity contribution in [3.8, 4) is 5.75 Å². The Morgan fingerprint density at radius 2 is 2.19 bits per heavy atom. The smallest absolute Gasteiger partial charge is 0.192 e. The number of aliphatic hydroxyl groups is 1. The number of rotatable bonds is 6. The molecule has 140 valence electrons. The Balaban J connectivity index is 1.87. The number of ether oxygens (including phenoxy) is 1. The van der Waals surface area contributed by atoms with Crippen LogP contribution in [0.4, 0.5) is 0 Å². The third-order valence-corrected chi connectivity index (χ3v) is 6.36. The SMILES string of the molecule is COc1ccc(Cl)cc1C(=O)C=C1SC(C(C)(C)O)=CN1CC1CCC1. The lowest BCUT2D eigenvalue weighted by molar-refractivity contribution is 0.104. The average molecular weight is 394 g/mol. The van der Waals surface area contributed by atoms with E-state index >= 15 is 0 Å². The number of allylic oxidation sites excluding steroid dienone is 1. The number of hydrogen-bond acceptors (Lipinski definition) is 5. The predicted octanol–water partition coefficient (Wildman–Crippen LogP) is 4.83. The van der Waals surface area contributed by atoms with Gasteiger partial charge >= 0.3 is 0 Å². The molecule has 0 saturated heterocycles. The summed E-state index contributed by atoms with van der Waals surface area (Å²) in [6.07, 6.45) is 7.29. The first kappa shape index (κ1) is 19.3. The van der Waals surface area contributed by atoms with Gasteiger partial charge in [-0.05, 0) is 50.8 Å². The fourth-order valence-corrected chi connectivity index (χ4v) is 4.19. The van der Waals surface area contributed by atoms with Gasteiger partial charge in [-0.3, -0.25) is 4.79 Å². The van der Waals surface area contributed by atoms with Crippen molar-refractivity contribution in [3.05, 3.63) is 51.0 Å². The molecule has 0 spiro atoms. The van der Waals surface area contributed by atoms with Gasteiger partial charge in [-0.2, -0.15) is 0 Å². The molecule has 1 fully saturated rings. The van der Waals surface area contributed by atoms with Gasteiger partial charge in [-0.15, -0.1) is 0 Å². The molecule has 1 aromatic carbocycles. The summed E-state index contributed by atoms with van der Waals surface area (Å²) in [5, 5.41) is 11.7. The minimum absolute atomic E-state index is 0.157. The molecule has 0 aromatic heterocycles. The number of carbonyl (C=O) groups is 1. The van der Waals surface area contributed by atoms with Crippen molar-refractivity contribution >= 4 is 29.1 Å². The zero-order valence-corrected chi connectivity index (χ0v) is 16.9. The summed E-state index contributed by atoms with van der Waals surface area (Å²) in [6.45, 7) is 4.40. The van der Waals surface area contributed by atoms with Gasteiger partial charge < -0.3 is 14.7 Å². The highest BCUT2D eigenvalue weighted by molar-refractivity contribution is 8.07. The minimum Gasteiger partial charge on any atom is -0.496 e. The Bertz CT molecular complexity index is 763. The average Bonchev–Trinajstić information content (AvgIpc) is 2.94. The molecular formula is C20H24ClNO3S. The first-order chi connectivity index (χ1) is 12.3. The van der Waals surface area contributed by atoms with E-state index in [2.05, 4.69) is 4.90 Å². The van der Waals surface area contributed by atoms with Crippen molar-refractivity contribution in [2.24, 2.45) is 5.92 Å². The van der Waals surface area contributed by atoms with Crippen molar-refractivity contribution < 1.29 is 14.6 Å². The summed E-state index contributed by atoms with van der Waals surface area (Å²) in [4.78, 5) is 15.8. The highest BCUT2D eigenvalue weighted by atomic mass is 35.5. The predicted molar refractivity (Wildman–Crippen MR) is 106 cm³/mol. The van der Waals surface area contributed by atoms with E-state index in [1.165, 1.54) is 38.1 Å². The quantitative estimate of drug-likeness (QED) is 0.553.